The second-order valence-electron chi connectivity index (χ2n) is 4.09. The molecule has 3 nitrogen and oxygen atoms in total. The Morgan fingerprint density at radius 3 is 2.72 bits per heavy atom. The number of nitrogens with zero attached hydrogens (tertiary/aromatic N) is 2. The SMILES string of the molecule is Cc1cccc(C(N)=Nc2cc(Cl)ccc2C)n1. The molecule has 0 fully saturated rings. The first-order valence-electron chi connectivity index (χ1n) is 5.60. The van der Waals surface area contributed by atoms with Gasteiger partial charge in [0.25, 0.3) is 0 Å². The number of aliphatic imine (C=N–C) groups is 1. The second kappa shape index (κ2) is 5.19. The lowest BCUT2D eigenvalue weighted by atomic mass is 10.2. The Morgan fingerprint density at radius 2 is 2.00 bits per heavy atom. The van der Waals surface area contributed by atoms with Gasteiger partial charge in [-0.1, -0.05) is 23.7 Å². The van der Waals surface area contributed by atoms with Gasteiger partial charge < -0.3 is 5.73 Å². The second-order valence-corrected chi connectivity index (χ2v) is 4.53. The molecule has 0 bridgehead atoms. The lowest BCUT2D eigenvalue weighted by Gasteiger charge is -2.04. The zero-order valence-electron chi connectivity index (χ0n) is 10.3. The van der Waals surface area contributed by atoms with Gasteiger partial charge in [0.15, 0.2) is 0 Å². The van der Waals surface area contributed by atoms with Gasteiger partial charge in [0, 0.05) is 10.7 Å². The van der Waals surface area contributed by atoms with Gasteiger partial charge in [-0.2, -0.15) is 0 Å². The molecule has 0 amide bonds. The number of benzene rings is 1. The van der Waals surface area contributed by atoms with Crippen LogP contribution < -0.4 is 5.73 Å². The van der Waals surface area contributed by atoms with Crippen LogP contribution in [-0.2, 0) is 0 Å². The average Bonchev–Trinajstić information content (AvgIpc) is 2.34. The van der Waals surface area contributed by atoms with Crippen LogP contribution in [0.15, 0.2) is 41.4 Å². The number of amidine groups is 1. The molecular formula is C14H14ClN3. The molecule has 0 aliphatic carbocycles. The summed E-state index contributed by atoms with van der Waals surface area (Å²) in [6, 6.07) is 11.2. The lowest BCUT2D eigenvalue weighted by molar-refractivity contribution is 1.17. The maximum absolute atomic E-state index is 5.96. The Labute approximate surface area is 111 Å². The van der Waals surface area contributed by atoms with Gasteiger partial charge in [-0.3, -0.25) is 0 Å². The van der Waals surface area contributed by atoms with E-state index in [0.29, 0.717) is 16.6 Å². The van der Waals surface area contributed by atoms with E-state index in [1.165, 1.54) is 0 Å². The molecule has 1 aromatic heterocycles. The summed E-state index contributed by atoms with van der Waals surface area (Å²) < 4.78 is 0. The number of rotatable bonds is 2. The van der Waals surface area contributed by atoms with E-state index in [2.05, 4.69) is 9.98 Å². The molecule has 1 heterocycles. The van der Waals surface area contributed by atoms with Gasteiger partial charge in [-0.05, 0) is 43.7 Å². The molecule has 1 aromatic carbocycles. The van der Waals surface area contributed by atoms with E-state index in [4.69, 9.17) is 17.3 Å². The predicted octanol–water partition coefficient (Wildman–Crippen LogP) is 3.39. The Morgan fingerprint density at radius 1 is 1.22 bits per heavy atom. The molecule has 2 aromatic rings. The molecule has 0 saturated carbocycles. The van der Waals surface area contributed by atoms with Crippen molar-refractivity contribution in [3.8, 4) is 0 Å². The van der Waals surface area contributed by atoms with E-state index in [0.717, 1.165) is 16.9 Å². The lowest BCUT2D eigenvalue weighted by Crippen LogP contribution is -2.15. The van der Waals surface area contributed by atoms with Gasteiger partial charge >= 0.3 is 0 Å². The zero-order valence-corrected chi connectivity index (χ0v) is 11.1. The van der Waals surface area contributed by atoms with Crippen LogP contribution in [-0.4, -0.2) is 10.8 Å². The van der Waals surface area contributed by atoms with E-state index in [1.807, 2.05) is 44.2 Å². The van der Waals surface area contributed by atoms with Crippen LogP contribution in [0.5, 0.6) is 0 Å². The van der Waals surface area contributed by atoms with E-state index in [-0.39, 0.29) is 0 Å². The summed E-state index contributed by atoms with van der Waals surface area (Å²) in [5, 5.41) is 0.643. The standard InChI is InChI=1S/C14H14ClN3/c1-9-6-7-11(15)8-13(9)18-14(16)12-5-3-4-10(2)17-12/h3-8H,1-2H3,(H2,16,18). The van der Waals surface area contributed by atoms with Crippen LogP contribution in [0.4, 0.5) is 5.69 Å². The number of aryl methyl sites for hydroxylation is 2. The molecule has 0 saturated heterocycles. The minimum Gasteiger partial charge on any atom is -0.382 e. The third-order valence-electron chi connectivity index (χ3n) is 2.56. The van der Waals surface area contributed by atoms with Crippen LogP contribution in [0.3, 0.4) is 0 Å². The minimum absolute atomic E-state index is 0.393. The monoisotopic (exact) mass is 259 g/mol. The van der Waals surface area contributed by atoms with Crippen LogP contribution in [0.2, 0.25) is 5.02 Å². The number of nitrogens with two attached hydrogens (primary N) is 1. The Balaban J connectivity index is 2.41. The highest BCUT2D eigenvalue weighted by molar-refractivity contribution is 6.30. The zero-order chi connectivity index (χ0) is 13.1. The Kier molecular flexibility index (Phi) is 3.63. The van der Waals surface area contributed by atoms with Crippen molar-refractivity contribution in [2.45, 2.75) is 13.8 Å². The highest BCUT2D eigenvalue weighted by atomic mass is 35.5. The largest absolute Gasteiger partial charge is 0.382 e. The third-order valence-corrected chi connectivity index (χ3v) is 2.80. The molecular weight excluding hydrogens is 246 g/mol. The maximum Gasteiger partial charge on any atom is 0.150 e. The van der Waals surface area contributed by atoms with Gasteiger partial charge in [0.2, 0.25) is 0 Å². The fourth-order valence-corrected chi connectivity index (χ4v) is 1.74. The summed E-state index contributed by atoms with van der Waals surface area (Å²) in [6.45, 7) is 3.88. The highest BCUT2D eigenvalue weighted by Gasteiger charge is 2.03. The van der Waals surface area contributed by atoms with E-state index >= 15 is 0 Å². The molecule has 0 atom stereocenters. The molecule has 0 aliphatic heterocycles. The fourth-order valence-electron chi connectivity index (χ4n) is 1.58. The van der Waals surface area contributed by atoms with Crippen LogP contribution in [0.1, 0.15) is 17.0 Å². The van der Waals surface area contributed by atoms with Crippen LogP contribution in [0.25, 0.3) is 0 Å². The maximum atomic E-state index is 5.96. The number of halogens is 1. The van der Waals surface area contributed by atoms with Crippen LogP contribution >= 0.6 is 11.6 Å². The molecule has 0 spiro atoms. The first-order valence-corrected chi connectivity index (χ1v) is 5.98. The highest BCUT2D eigenvalue weighted by Crippen LogP contribution is 2.23. The molecule has 0 aliphatic rings. The molecule has 2 rings (SSSR count). The van der Waals surface area contributed by atoms with Gasteiger partial charge in [0.05, 0.1) is 5.69 Å². The van der Waals surface area contributed by atoms with Crippen molar-refractivity contribution < 1.29 is 0 Å². The summed E-state index contributed by atoms with van der Waals surface area (Å²) in [6.07, 6.45) is 0. The number of hydrogen-bond acceptors (Lipinski definition) is 2. The summed E-state index contributed by atoms with van der Waals surface area (Å²) in [5.41, 5.74) is 9.34. The van der Waals surface area contributed by atoms with E-state index in [9.17, 15) is 0 Å². The summed E-state index contributed by atoms with van der Waals surface area (Å²) >= 11 is 5.95. The fraction of sp³-hybridized carbons (Fsp3) is 0.143. The molecule has 0 radical (unpaired) electrons. The van der Waals surface area contributed by atoms with E-state index < -0.39 is 0 Å². The topological polar surface area (TPSA) is 51.3 Å². The summed E-state index contributed by atoms with van der Waals surface area (Å²) in [7, 11) is 0. The van der Waals surface area contributed by atoms with E-state index in [1.54, 1.807) is 6.07 Å². The molecule has 0 unspecified atom stereocenters. The Bertz CT molecular complexity index is 606. The normalized spacial score (nSPS) is 11.6. The smallest absolute Gasteiger partial charge is 0.150 e. The van der Waals surface area contributed by atoms with Crippen molar-refractivity contribution >= 4 is 23.1 Å². The summed E-state index contributed by atoms with van der Waals surface area (Å²) in [4.78, 5) is 8.71. The van der Waals surface area contributed by atoms with Crippen molar-refractivity contribution in [3.05, 3.63) is 58.4 Å². The first kappa shape index (κ1) is 12.6. The molecule has 2 N–H and O–H groups in total. The number of aromatic nitrogens is 1. The van der Waals surface area contributed by atoms with Gasteiger partial charge in [-0.15, -0.1) is 0 Å². The molecule has 92 valence electrons. The van der Waals surface area contributed by atoms with Crippen LogP contribution in [0, 0.1) is 13.8 Å². The minimum atomic E-state index is 0.393. The van der Waals surface area contributed by atoms with Crippen molar-refractivity contribution in [1.82, 2.24) is 4.98 Å². The number of pyridine rings is 1. The quantitative estimate of drug-likeness (QED) is 0.664. The van der Waals surface area contributed by atoms with Gasteiger partial charge in [-0.25, -0.2) is 9.98 Å². The molecule has 18 heavy (non-hydrogen) atoms. The average molecular weight is 260 g/mol. The van der Waals surface area contributed by atoms with Crippen molar-refractivity contribution in [2.24, 2.45) is 10.7 Å². The third kappa shape index (κ3) is 2.87. The Hall–Kier alpha value is -1.87. The van der Waals surface area contributed by atoms with Gasteiger partial charge in [0.1, 0.15) is 11.5 Å². The van der Waals surface area contributed by atoms with Crippen molar-refractivity contribution in [3.63, 3.8) is 0 Å². The predicted molar refractivity (Wildman–Crippen MR) is 75.5 cm³/mol. The summed E-state index contributed by atoms with van der Waals surface area (Å²) in [5.74, 6) is 0.393. The van der Waals surface area contributed by atoms with Crippen molar-refractivity contribution in [2.75, 3.05) is 0 Å². The van der Waals surface area contributed by atoms with Crippen molar-refractivity contribution in [1.29, 1.82) is 0 Å². The molecule has 4 heteroatoms. The first-order chi connectivity index (χ1) is 8.56. The number of hydrogen-bond donors (Lipinski definition) is 1.